The Bertz CT molecular complexity index is 692. The Labute approximate surface area is 143 Å². The van der Waals surface area contributed by atoms with E-state index in [-0.39, 0.29) is 6.10 Å². The summed E-state index contributed by atoms with van der Waals surface area (Å²) in [4.78, 5) is 6.44. The van der Waals surface area contributed by atoms with E-state index in [0.29, 0.717) is 10.9 Å². The number of hydrogen-bond donors (Lipinski definition) is 0. The van der Waals surface area contributed by atoms with Gasteiger partial charge in [-0.05, 0) is 29.8 Å². The molecule has 0 bridgehead atoms. The minimum absolute atomic E-state index is 0.0775. The van der Waals surface area contributed by atoms with E-state index in [2.05, 4.69) is 50.6 Å². The van der Waals surface area contributed by atoms with Crippen molar-refractivity contribution in [1.29, 1.82) is 0 Å². The smallest absolute Gasteiger partial charge is 0.232 e. The molecule has 2 aromatic rings. The van der Waals surface area contributed by atoms with Crippen LogP contribution in [0.2, 0.25) is 5.02 Å². The lowest BCUT2D eigenvalue weighted by Crippen LogP contribution is -2.25. The van der Waals surface area contributed by atoms with Crippen molar-refractivity contribution in [3.8, 4) is 5.88 Å². The van der Waals surface area contributed by atoms with Crippen molar-refractivity contribution < 1.29 is 4.74 Å². The molecule has 2 heterocycles. The van der Waals surface area contributed by atoms with Crippen LogP contribution in [0.1, 0.15) is 12.0 Å². The second-order valence-electron chi connectivity index (χ2n) is 5.10. The van der Waals surface area contributed by atoms with Crippen LogP contribution in [0.4, 0.5) is 5.69 Å². The fourth-order valence-corrected chi connectivity index (χ4v) is 3.13. The molecule has 1 radical (unpaired) electrons. The SMILES string of the molecule is C=Cc1cc(Br)ccc1N1CC[C@H](Oc2nc[c]cc2Cl)C1. The highest BCUT2D eigenvalue weighted by molar-refractivity contribution is 9.10. The maximum absolute atomic E-state index is 6.07. The number of anilines is 1. The van der Waals surface area contributed by atoms with Gasteiger partial charge in [0.25, 0.3) is 0 Å². The quantitative estimate of drug-likeness (QED) is 0.777. The summed E-state index contributed by atoms with van der Waals surface area (Å²) in [6, 6.07) is 10.7. The highest BCUT2D eigenvalue weighted by Gasteiger charge is 2.26. The van der Waals surface area contributed by atoms with Gasteiger partial charge in [-0.2, -0.15) is 0 Å². The van der Waals surface area contributed by atoms with Crippen molar-refractivity contribution in [1.82, 2.24) is 4.98 Å². The van der Waals surface area contributed by atoms with Gasteiger partial charge in [-0.1, -0.05) is 40.2 Å². The van der Waals surface area contributed by atoms with Gasteiger partial charge in [-0.25, -0.2) is 4.98 Å². The standard InChI is InChI=1S/C17H15BrClN2O/c1-2-12-10-13(18)5-6-16(12)21-9-7-14(11-21)22-17-15(19)4-3-8-20-17/h2,4-6,8,10,14H,1,7,9,11H2/t14-/m0/s1. The molecule has 1 fully saturated rings. The lowest BCUT2D eigenvalue weighted by atomic mass is 10.1. The number of ether oxygens (including phenoxy) is 1. The zero-order chi connectivity index (χ0) is 15.5. The Hall–Kier alpha value is -1.52. The first kappa shape index (κ1) is 15.4. The van der Waals surface area contributed by atoms with E-state index in [4.69, 9.17) is 16.3 Å². The molecule has 1 aromatic heterocycles. The lowest BCUT2D eigenvalue weighted by Gasteiger charge is -2.21. The first-order valence-electron chi connectivity index (χ1n) is 7.02. The molecule has 0 N–H and O–H groups in total. The van der Waals surface area contributed by atoms with Gasteiger partial charge < -0.3 is 9.64 Å². The van der Waals surface area contributed by atoms with E-state index < -0.39 is 0 Å². The van der Waals surface area contributed by atoms with Crippen LogP contribution in [-0.2, 0) is 0 Å². The number of benzene rings is 1. The molecule has 113 valence electrons. The Morgan fingerprint density at radius 1 is 1.50 bits per heavy atom. The van der Waals surface area contributed by atoms with Gasteiger partial charge in [0.05, 0.1) is 6.54 Å². The van der Waals surface area contributed by atoms with Gasteiger partial charge in [-0.15, -0.1) is 0 Å². The van der Waals surface area contributed by atoms with Crippen LogP contribution in [-0.4, -0.2) is 24.2 Å². The van der Waals surface area contributed by atoms with Crippen molar-refractivity contribution in [2.45, 2.75) is 12.5 Å². The molecular weight excluding hydrogens is 364 g/mol. The summed E-state index contributed by atoms with van der Waals surface area (Å²) >= 11 is 9.56. The van der Waals surface area contributed by atoms with Crippen molar-refractivity contribution in [2.75, 3.05) is 18.0 Å². The molecule has 0 aliphatic carbocycles. The monoisotopic (exact) mass is 377 g/mol. The third-order valence-corrected chi connectivity index (χ3v) is 4.41. The molecular formula is C17H15BrClN2O. The summed E-state index contributed by atoms with van der Waals surface area (Å²) < 4.78 is 6.97. The fraction of sp³-hybridized carbons (Fsp3) is 0.235. The minimum Gasteiger partial charge on any atom is -0.471 e. The van der Waals surface area contributed by atoms with Crippen LogP contribution in [0.15, 0.2) is 41.5 Å². The Morgan fingerprint density at radius 3 is 3.14 bits per heavy atom. The second kappa shape index (κ2) is 6.71. The molecule has 0 amide bonds. The molecule has 1 saturated heterocycles. The topological polar surface area (TPSA) is 25.4 Å². The molecule has 1 atom stereocenters. The highest BCUT2D eigenvalue weighted by atomic mass is 79.9. The van der Waals surface area contributed by atoms with Crippen LogP contribution in [0.5, 0.6) is 5.88 Å². The predicted molar refractivity (Wildman–Crippen MR) is 93.6 cm³/mol. The predicted octanol–water partition coefficient (Wildman–Crippen LogP) is 4.60. The normalized spacial score (nSPS) is 17.5. The van der Waals surface area contributed by atoms with Crippen molar-refractivity contribution in [2.24, 2.45) is 0 Å². The average molecular weight is 379 g/mol. The van der Waals surface area contributed by atoms with Gasteiger partial charge in [0.2, 0.25) is 5.88 Å². The van der Waals surface area contributed by atoms with E-state index in [0.717, 1.165) is 29.5 Å². The summed E-state index contributed by atoms with van der Waals surface area (Å²) in [5.74, 6) is 0.479. The maximum atomic E-state index is 6.07. The minimum atomic E-state index is 0.0775. The number of pyridine rings is 1. The molecule has 0 spiro atoms. The van der Waals surface area contributed by atoms with E-state index in [1.807, 2.05) is 12.1 Å². The second-order valence-corrected chi connectivity index (χ2v) is 6.43. The van der Waals surface area contributed by atoms with Gasteiger partial charge in [0, 0.05) is 35.4 Å². The third kappa shape index (κ3) is 3.28. The van der Waals surface area contributed by atoms with E-state index >= 15 is 0 Å². The van der Waals surface area contributed by atoms with E-state index in [1.54, 1.807) is 12.3 Å². The number of halogens is 2. The molecule has 3 nitrogen and oxygen atoms in total. The van der Waals surface area contributed by atoms with Crippen molar-refractivity contribution in [3.05, 3.63) is 58.2 Å². The van der Waals surface area contributed by atoms with Crippen molar-refractivity contribution >= 4 is 39.3 Å². The fourth-order valence-electron chi connectivity index (χ4n) is 2.59. The summed E-state index contributed by atoms with van der Waals surface area (Å²) in [6.07, 6.45) is 4.45. The zero-order valence-electron chi connectivity index (χ0n) is 11.9. The summed E-state index contributed by atoms with van der Waals surface area (Å²) in [6.45, 7) is 5.63. The van der Waals surface area contributed by atoms with E-state index in [1.165, 1.54) is 5.69 Å². The number of aromatic nitrogens is 1. The van der Waals surface area contributed by atoms with Gasteiger partial charge in [0.15, 0.2) is 0 Å². The van der Waals surface area contributed by atoms with Crippen LogP contribution < -0.4 is 9.64 Å². The molecule has 0 unspecified atom stereocenters. The van der Waals surface area contributed by atoms with Crippen LogP contribution in [0, 0.1) is 6.07 Å². The largest absolute Gasteiger partial charge is 0.471 e. The highest BCUT2D eigenvalue weighted by Crippen LogP contribution is 2.30. The molecule has 5 heteroatoms. The zero-order valence-corrected chi connectivity index (χ0v) is 14.3. The van der Waals surface area contributed by atoms with Crippen molar-refractivity contribution in [3.63, 3.8) is 0 Å². The average Bonchev–Trinajstić information content (AvgIpc) is 2.98. The van der Waals surface area contributed by atoms with Gasteiger partial charge in [0.1, 0.15) is 11.1 Å². The Balaban J connectivity index is 1.73. The maximum Gasteiger partial charge on any atom is 0.232 e. The van der Waals surface area contributed by atoms with Gasteiger partial charge in [-0.3, -0.25) is 0 Å². The summed E-state index contributed by atoms with van der Waals surface area (Å²) in [5.41, 5.74) is 2.28. The first-order valence-corrected chi connectivity index (χ1v) is 8.19. The molecule has 22 heavy (non-hydrogen) atoms. The first-order chi connectivity index (χ1) is 10.7. The van der Waals surface area contributed by atoms with E-state index in [9.17, 15) is 0 Å². The molecule has 1 aromatic carbocycles. The Kier molecular flexibility index (Phi) is 4.69. The molecule has 3 rings (SSSR count). The Morgan fingerprint density at radius 2 is 2.36 bits per heavy atom. The van der Waals surface area contributed by atoms with Crippen LogP contribution >= 0.6 is 27.5 Å². The number of rotatable bonds is 4. The van der Waals surface area contributed by atoms with Crippen LogP contribution in [0.3, 0.4) is 0 Å². The number of nitrogens with zero attached hydrogens (tertiary/aromatic N) is 2. The van der Waals surface area contributed by atoms with Crippen LogP contribution in [0.25, 0.3) is 6.08 Å². The summed E-state index contributed by atoms with van der Waals surface area (Å²) in [7, 11) is 0. The molecule has 0 saturated carbocycles. The third-order valence-electron chi connectivity index (χ3n) is 3.64. The summed E-state index contributed by atoms with van der Waals surface area (Å²) in [5, 5.41) is 0.497. The molecule has 1 aliphatic heterocycles. The lowest BCUT2D eigenvalue weighted by molar-refractivity contribution is 0.216. The van der Waals surface area contributed by atoms with Gasteiger partial charge >= 0.3 is 0 Å². The molecule has 1 aliphatic rings. The number of hydrogen-bond acceptors (Lipinski definition) is 3.